The van der Waals surface area contributed by atoms with Crippen molar-refractivity contribution in [3.63, 3.8) is 0 Å². The quantitative estimate of drug-likeness (QED) is 0.354. The van der Waals surface area contributed by atoms with Crippen LogP contribution in [0.4, 0.5) is 0 Å². The number of rotatable bonds is 3. The van der Waals surface area contributed by atoms with Gasteiger partial charge in [0.1, 0.15) is 0 Å². The van der Waals surface area contributed by atoms with Crippen LogP contribution in [-0.2, 0) is 4.74 Å². The molecule has 5 rings (SSSR count). The molecule has 178 valence electrons. The fourth-order valence-electron chi connectivity index (χ4n) is 7.50. The van der Waals surface area contributed by atoms with Crippen LogP contribution in [0.15, 0.2) is 53.8 Å². The van der Waals surface area contributed by atoms with Crippen molar-refractivity contribution >= 4 is 14.7 Å². The third-order valence-corrected chi connectivity index (χ3v) is 10.7. The van der Waals surface area contributed by atoms with E-state index in [1.54, 1.807) is 0 Å². The predicted molar refractivity (Wildman–Crippen MR) is 141 cm³/mol. The van der Waals surface area contributed by atoms with Crippen LogP contribution < -0.4 is 5.19 Å². The van der Waals surface area contributed by atoms with Gasteiger partial charge in [-0.2, -0.15) is 0 Å². The summed E-state index contributed by atoms with van der Waals surface area (Å²) in [7, 11) is 0.393. The number of allylic oxidation sites excluding steroid dienone is 4. The maximum absolute atomic E-state index is 12.0. The highest BCUT2D eigenvalue weighted by molar-refractivity contribution is 6.62. The zero-order chi connectivity index (χ0) is 24.1. The highest BCUT2D eigenvalue weighted by atomic mass is 28.2. The van der Waals surface area contributed by atoms with E-state index >= 15 is 0 Å². The van der Waals surface area contributed by atoms with Crippen LogP contribution in [0.25, 0.3) is 0 Å². The smallest absolute Gasteiger partial charge is 0.186 e. The van der Waals surface area contributed by atoms with Gasteiger partial charge in [-0.05, 0) is 110 Å². The first-order valence-electron chi connectivity index (χ1n) is 13.1. The van der Waals surface area contributed by atoms with Crippen LogP contribution in [-0.4, -0.2) is 26.8 Å². The van der Waals surface area contributed by atoms with Gasteiger partial charge in [0.05, 0.1) is 12.4 Å². The van der Waals surface area contributed by atoms with Gasteiger partial charge >= 0.3 is 0 Å². The molecule has 0 spiro atoms. The number of benzene rings is 1. The molecule has 0 saturated heterocycles. The van der Waals surface area contributed by atoms with E-state index in [9.17, 15) is 5.11 Å². The van der Waals surface area contributed by atoms with Crippen LogP contribution in [0.2, 0.25) is 0 Å². The summed E-state index contributed by atoms with van der Waals surface area (Å²) in [5, 5.41) is 13.3. The number of ether oxygens (including phenoxy) is 1. The predicted octanol–water partition coefficient (Wildman–Crippen LogP) is 5.59. The second-order valence-electron chi connectivity index (χ2n) is 11.2. The lowest BCUT2D eigenvalue weighted by molar-refractivity contribution is -0.0717. The van der Waals surface area contributed by atoms with Gasteiger partial charge in [0.2, 0.25) is 0 Å². The maximum atomic E-state index is 12.0. The van der Waals surface area contributed by atoms with Crippen molar-refractivity contribution in [2.75, 3.05) is 6.61 Å². The molecule has 1 N–H and O–H groups in total. The number of fused-ring (bicyclic) bond motifs is 5. The summed E-state index contributed by atoms with van der Waals surface area (Å²) >= 11 is 0. The molecule has 2 saturated carbocycles. The Morgan fingerprint density at radius 2 is 2.06 bits per heavy atom. The SMILES string of the molecule is C=C1C[C@H]2[C@@H]3CC=C4C=C(OCC)CC[C@@H]4[C@H]3CC[C@]2(C)[C@]1(O)C#C[Si]c1cccc(C)c1C. The van der Waals surface area contributed by atoms with Gasteiger partial charge < -0.3 is 9.84 Å². The summed E-state index contributed by atoms with van der Waals surface area (Å²) in [5.41, 5.74) is 7.18. The maximum Gasteiger partial charge on any atom is 0.186 e. The van der Waals surface area contributed by atoms with Gasteiger partial charge in [0, 0.05) is 11.8 Å². The van der Waals surface area contributed by atoms with E-state index in [0.717, 1.165) is 43.6 Å². The molecule has 0 unspecified atom stereocenters. The third-order valence-electron chi connectivity index (χ3n) is 9.66. The van der Waals surface area contributed by atoms with E-state index in [0.29, 0.717) is 33.2 Å². The van der Waals surface area contributed by atoms with Crippen molar-refractivity contribution in [3.8, 4) is 11.5 Å². The summed E-state index contributed by atoms with van der Waals surface area (Å²) in [5.74, 6) is 6.97. The van der Waals surface area contributed by atoms with E-state index in [4.69, 9.17) is 4.74 Å². The Balaban J connectivity index is 1.39. The second kappa shape index (κ2) is 8.88. The molecule has 0 aliphatic heterocycles. The number of aliphatic hydroxyl groups is 1. The summed E-state index contributed by atoms with van der Waals surface area (Å²) < 4.78 is 5.84. The van der Waals surface area contributed by atoms with Crippen molar-refractivity contribution in [2.24, 2.45) is 29.1 Å². The Labute approximate surface area is 208 Å². The van der Waals surface area contributed by atoms with Crippen LogP contribution in [0, 0.1) is 54.4 Å². The Kier molecular flexibility index (Phi) is 6.19. The van der Waals surface area contributed by atoms with Gasteiger partial charge in [0.25, 0.3) is 0 Å². The fourth-order valence-corrected chi connectivity index (χ4v) is 8.44. The molecule has 0 amide bonds. The molecule has 1 aromatic carbocycles. The lowest BCUT2D eigenvalue weighted by atomic mass is 9.51. The van der Waals surface area contributed by atoms with Gasteiger partial charge in [-0.15, -0.1) is 5.54 Å². The van der Waals surface area contributed by atoms with Crippen LogP contribution in [0.3, 0.4) is 0 Å². The highest BCUT2D eigenvalue weighted by Crippen LogP contribution is 2.65. The molecule has 2 radical (unpaired) electrons. The van der Waals surface area contributed by atoms with Gasteiger partial charge in [-0.1, -0.05) is 43.7 Å². The summed E-state index contributed by atoms with van der Waals surface area (Å²) in [4.78, 5) is 0. The molecule has 6 atom stereocenters. The van der Waals surface area contributed by atoms with E-state index in [2.05, 4.69) is 76.1 Å². The van der Waals surface area contributed by atoms with Crippen molar-refractivity contribution in [1.29, 1.82) is 0 Å². The van der Waals surface area contributed by atoms with Crippen LogP contribution in [0.5, 0.6) is 0 Å². The molecular weight excluding hydrogens is 432 g/mol. The Bertz CT molecular complexity index is 1120. The number of aryl methyl sites for hydroxylation is 1. The van der Waals surface area contributed by atoms with E-state index in [1.165, 1.54) is 34.7 Å². The van der Waals surface area contributed by atoms with Crippen LogP contribution >= 0.6 is 0 Å². The molecule has 4 aliphatic carbocycles. The van der Waals surface area contributed by atoms with Crippen LogP contribution in [0.1, 0.15) is 63.5 Å². The highest BCUT2D eigenvalue weighted by Gasteiger charge is 2.63. The molecule has 0 bridgehead atoms. The Hall–Kier alpha value is -2.02. The Morgan fingerprint density at radius 1 is 1.24 bits per heavy atom. The molecule has 2 nitrogen and oxygen atoms in total. The van der Waals surface area contributed by atoms with E-state index in [-0.39, 0.29) is 5.41 Å². The topological polar surface area (TPSA) is 29.5 Å². The second-order valence-corrected chi connectivity index (χ2v) is 12.2. The molecular formula is C31H38O2Si. The first-order chi connectivity index (χ1) is 16.3. The molecule has 4 aliphatic rings. The van der Waals surface area contributed by atoms with Gasteiger partial charge in [0.15, 0.2) is 15.1 Å². The fraction of sp³-hybridized carbons (Fsp3) is 0.548. The monoisotopic (exact) mass is 470 g/mol. The zero-order valence-corrected chi connectivity index (χ0v) is 22.2. The minimum absolute atomic E-state index is 0.212. The Morgan fingerprint density at radius 3 is 2.85 bits per heavy atom. The average molecular weight is 471 g/mol. The molecule has 1 aromatic rings. The van der Waals surface area contributed by atoms with Crippen molar-refractivity contribution < 1.29 is 9.84 Å². The minimum Gasteiger partial charge on any atom is -0.498 e. The lowest BCUT2D eigenvalue weighted by Crippen LogP contribution is -2.52. The summed E-state index contributed by atoms with van der Waals surface area (Å²) in [6.07, 6.45) is 11.3. The van der Waals surface area contributed by atoms with Gasteiger partial charge in [-0.25, -0.2) is 0 Å². The molecule has 2 fully saturated rings. The average Bonchev–Trinajstić information content (AvgIpc) is 3.02. The van der Waals surface area contributed by atoms with Crippen molar-refractivity contribution in [1.82, 2.24) is 0 Å². The number of hydrogen-bond acceptors (Lipinski definition) is 2. The first-order valence-corrected chi connectivity index (χ1v) is 14.1. The zero-order valence-electron chi connectivity index (χ0n) is 21.2. The van der Waals surface area contributed by atoms with E-state index < -0.39 is 5.60 Å². The first kappa shape index (κ1) is 23.7. The minimum atomic E-state index is -1.08. The molecule has 34 heavy (non-hydrogen) atoms. The third kappa shape index (κ3) is 3.66. The molecule has 3 heteroatoms. The summed E-state index contributed by atoms with van der Waals surface area (Å²) in [6, 6.07) is 6.42. The number of hydrogen-bond donors (Lipinski definition) is 1. The molecule has 0 heterocycles. The normalized spacial score (nSPS) is 36.3. The van der Waals surface area contributed by atoms with Crippen molar-refractivity contribution in [3.05, 3.63) is 65.0 Å². The largest absolute Gasteiger partial charge is 0.498 e. The summed E-state index contributed by atoms with van der Waals surface area (Å²) in [6.45, 7) is 13.8. The van der Waals surface area contributed by atoms with Crippen molar-refractivity contribution in [2.45, 2.75) is 71.8 Å². The lowest BCUT2D eigenvalue weighted by Gasteiger charge is -2.53. The molecule has 0 aromatic heterocycles. The van der Waals surface area contributed by atoms with E-state index in [1.807, 2.05) is 0 Å². The standard InChI is InChI=1S/C31H38O2Si/c1-6-33-24-11-13-25-23(19-24)10-12-27-26(25)14-15-30(5)28(27)18-21(3)31(30,32)16-17-34-29-9-7-8-20(2)22(29)4/h7-10,19,25-28,32H,3,6,11-15,18H2,1-2,4-5H3/t25-,26+,27+,28-,30-,31-/m0/s1. The van der Waals surface area contributed by atoms with Gasteiger partial charge in [-0.3, -0.25) is 0 Å².